The molecule has 0 spiro atoms. The molecule has 0 unspecified atom stereocenters. The Kier molecular flexibility index (Phi) is 12.3. The van der Waals surface area contributed by atoms with Gasteiger partial charge in [-0.05, 0) is 120 Å². The van der Waals surface area contributed by atoms with E-state index in [0.717, 1.165) is 25.7 Å². The minimum atomic E-state index is 1.15. The minimum absolute atomic E-state index is 1.15. The molecule has 0 fully saturated rings. The lowest BCUT2D eigenvalue weighted by Gasteiger charge is -2.02. The van der Waals surface area contributed by atoms with E-state index in [1.807, 2.05) is 56.7 Å². The molecule has 5 aromatic heterocycles. The van der Waals surface area contributed by atoms with Crippen LogP contribution in [-0.4, -0.2) is 0 Å². The average molecular weight is 937 g/mol. The smallest absolute Gasteiger partial charge is 0.0542 e. The molecule has 0 bridgehead atoms. The number of unbranched alkanes of at least 4 members (excludes halogenated alkanes) is 4. The summed E-state index contributed by atoms with van der Waals surface area (Å²) < 4.78 is 8.56. The van der Waals surface area contributed by atoms with Gasteiger partial charge in [0.15, 0.2) is 0 Å². The van der Waals surface area contributed by atoms with Gasteiger partial charge in [-0.1, -0.05) is 150 Å². The van der Waals surface area contributed by atoms with Crippen LogP contribution in [0.5, 0.6) is 0 Å². The first kappa shape index (κ1) is 43.0. The van der Waals surface area contributed by atoms with E-state index >= 15 is 0 Å². The summed E-state index contributed by atoms with van der Waals surface area (Å²) in [5.74, 6) is 0. The van der Waals surface area contributed by atoms with Gasteiger partial charge in [-0.3, -0.25) is 0 Å². The maximum absolute atomic E-state index is 2.55. The fourth-order valence-electron chi connectivity index (χ4n) is 9.71. The van der Waals surface area contributed by atoms with Gasteiger partial charge in [0.2, 0.25) is 0 Å². The summed E-state index contributed by atoms with van der Waals surface area (Å²) in [6.07, 6.45) is 14.4. The third kappa shape index (κ3) is 8.10. The number of rotatable bonds is 16. The summed E-state index contributed by atoms with van der Waals surface area (Å²) in [6.45, 7) is 9.13. The van der Waals surface area contributed by atoms with Crippen LogP contribution in [0.3, 0.4) is 0 Å². The molecule has 6 aromatic carbocycles. The number of hydrogen-bond acceptors (Lipinski definition) is 5. The van der Waals surface area contributed by atoms with E-state index in [-0.39, 0.29) is 0 Å². The van der Waals surface area contributed by atoms with Crippen molar-refractivity contribution in [3.63, 3.8) is 0 Å². The van der Waals surface area contributed by atoms with E-state index in [9.17, 15) is 0 Å². The molecule has 65 heavy (non-hydrogen) atoms. The zero-order valence-corrected chi connectivity index (χ0v) is 42.2. The fraction of sp³-hybridized carbons (Fsp3) is 0.267. The summed E-state index contributed by atoms with van der Waals surface area (Å²) >= 11 is 10.0. The first-order chi connectivity index (χ1) is 32.0. The van der Waals surface area contributed by atoms with Gasteiger partial charge >= 0.3 is 0 Å². The van der Waals surface area contributed by atoms with Crippen LogP contribution >= 0.6 is 56.7 Å². The maximum atomic E-state index is 2.55. The lowest BCUT2D eigenvalue weighted by Crippen LogP contribution is -1.83. The van der Waals surface area contributed by atoms with Crippen LogP contribution in [0.15, 0.2) is 121 Å². The van der Waals surface area contributed by atoms with Crippen molar-refractivity contribution >= 4 is 117 Å². The normalized spacial score (nSPS) is 12.1. The monoisotopic (exact) mass is 936 g/mol. The zero-order valence-electron chi connectivity index (χ0n) is 38.1. The van der Waals surface area contributed by atoms with E-state index < -0.39 is 0 Å². The van der Waals surface area contributed by atoms with Crippen molar-refractivity contribution in [3.05, 3.63) is 144 Å². The van der Waals surface area contributed by atoms with Crippen molar-refractivity contribution in [3.8, 4) is 41.8 Å². The molecule has 5 heteroatoms. The lowest BCUT2D eigenvalue weighted by atomic mass is 10.0. The summed E-state index contributed by atoms with van der Waals surface area (Å²) in [5, 5.41) is 8.50. The highest BCUT2D eigenvalue weighted by molar-refractivity contribution is 7.35. The Labute approximate surface area is 404 Å². The second kappa shape index (κ2) is 18.6. The first-order valence-corrected chi connectivity index (χ1v) is 28.2. The average Bonchev–Trinajstić information content (AvgIpc) is 4.20. The van der Waals surface area contributed by atoms with E-state index in [1.54, 1.807) is 0 Å². The van der Waals surface area contributed by atoms with Gasteiger partial charge in [0.05, 0.1) is 18.8 Å². The Bertz CT molecular complexity index is 3200. The first-order valence-electron chi connectivity index (χ1n) is 24.1. The Hall–Kier alpha value is -4.62. The van der Waals surface area contributed by atoms with Crippen molar-refractivity contribution in [1.82, 2.24) is 0 Å². The van der Waals surface area contributed by atoms with E-state index in [1.165, 1.54) is 176 Å². The molecule has 5 heterocycles. The molecule has 0 amide bonds. The largest absolute Gasteiger partial charge is 0.134 e. The molecule has 326 valence electrons. The Balaban J connectivity index is 1.17. The maximum Gasteiger partial charge on any atom is 0.0542 e. The number of thiophene rings is 5. The SMILES string of the molecule is CCCCc1ccc(-c2cc3c(s2)c2sc(-c4ccc(CCCC)cc4)cc2c2c3sc3c4cc(-c5ccc(CCCC)cc5)sc4c4sc(-c5ccc(CCCC)cc5)cc4c32)cc1. The van der Waals surface area contributed by atoms with Gasteiger partial charge in [-0.2, -0.15) is 0 Å². The van der Waals surface area contributed by atoms with Gasteiger partial charge in [0.25, 0.3) is 0 Å². The van der Waals surface area contributed by atoms with Gasteiger partial charge in [-0.15, -0.1) is 56.7 Å². The van der Waals surface area contributed by atoms with Gasteiger partial charge in [0, 0.05) is 61.2 Å². The number of aryl methyl sites for hydroxylation is 4. The standard InChI is InChI=1S/C60H56S5/c1-5-9-13-37-17-25-41(26-18-37)49-33-45-53-54-46-34-50(42-27-19-38(20-28-42)14-10-6-2)62-58(46)60-48(36-52(64-60)44-31-23-40(24-32-44)16-12-8-4)56(54)65-55(53)47-35-51(63-59(47)57(45)61-49)43-29-21-39(22-30-43)15-11-7-3/h17-36H,5-16H2,1-4H3. The zero-order chi connectivity index (χ0) is 44.0. The van der Waals surface area contributed by atoms with Gasteiger partial charge in [0.1, 0.15) is 0 Å². The Morgan fingerprint density at radius 3 is 0.785 bits per heavy atom. The Morgan fingerprint density at radius 1 is 0.277 bits per heavy atom. The predicted molar refractivity (Wildman–Crippen MR) is 297 cm³/mol. The topological polar surface area (TPSA) is 0 Å². The van der Waals surface area contributed by atoms with E-state index in [2.05, 4.69) is 149 Å². The lowest BCUT2D eigenvalue weighted by molar-refractivity contribution is 0.795. The van der Waals surface area contributed by atoms with Gasteiger partial charge in [-0.25, -0.2) is 0 Å². The summed E-state index contributed by atoms with van der Waals surface area (Å²) in [7, 11) is 0. The molecule has 11 aromatic rings. The second-order valence-corrected chi connectivity index (χ2v) is 23.4. The molecule has 0 saturated heterocycles. The third-order valence-electron chi connectivity index (χ3n) is 13.5. The van der Waals surface area contributed by atoms with Crippen LogP contribution in [0, 0.1) is 0 Å². The Morgan fingerprint density at radius 2 is 0.523 bits per heavy atom. The molecule has 0 N–H and O–H groups in total. The molecule has 11 rings (SSSR count). The van der Waals surface area contributed by atoms with Crippen LogP contribution < -0.4 is 0 Å². The quantitative estimate of drug-likeness (QED) is 0.0906. The van der Waals surface area contributed by atoms with Crippen LogP contribution in [0.4, 0.5) is 0 Å². The fourth-order valence-corrected chi connectivity index (χ4v) is 16.2. The highest BCUT2D eigenvalue weighted by atomic mass is 32.1. The molecular formula is C60H56S5. The van der Waals surface area contributed by atoms with Crippen molar-refractivity contribution in [2.45, 2.75) is 105 Å². The van der Waals surface area contributed by atoms with E-state index in [0.29, 0.717) is 0 Å². The van der Waals surface area contributed by atoms with Crippen molar-refractivity contribution in [2.75, 3.05) is 0 Å². The molecule has 0 aliphatic heterocycles. The molecular weight excluding hydrogens is 881 g/mol. The molecule has 0 aliphatic rings. The van der Waals surface area contributed by atoms with Crippen LogP contribution in [0.25, 0.3) is 102 Å². The molecule has 0 atom stereocenters. The number of hydrogen-bond donors (Lipinski definition) is 0. The van der Waals surface area contributed by atoms with Crippen molar-refractivity contribution in [1.29, 1.82) is 0 Å². The summed E-state index contributed by atoms with van der Waals surface area (Å²) in [5.41, 5.74) is 11.0. The van der Waals surface area contributed by atoms with Crippen molar-refractivity contribution < 1.29 is 0 Å². The summed E-state index contributed by atoms with van der Waals surface area (Å²) in [4.78, 5) is 5.44. The summed E-state index contributed by atoms with van der Waals surface area (Å²) in [6, 6.07) is 48.1. The highest BCUT2D eigenvalue weighted by Crippen LogP contribution is 2.56. The van der Waals surface area contributed by atoms with E-state index in [4.69, 9.17) is 0 Å². The van der Waals surface area contributed by atoms with Crippen LogP contribution in [-0.2, 0) is 25.7 Å². The van der Waals surface area contributed by atoms with Crippen LogP contribution in [0.1, 0.15) is 101 Å². The molecule has 0 radical (unpaired) electrons. The van der Waals surface area contributed by atoms with Gasteiger partial charge < -0.3 is 0 Å². The second-order valence-electron chi connectivity index (χ2n) is 18.1. The van der Waals surface area contributed by atoms with Crippen LogP contribution in [0.2, 0.25) is 0 Å². The minimum Gasteiger partial charge on any atom is -0.134 e. The molecule has 0 aliphatic carbocycles. The highest BCUT2D eigenvalue weighted by Gasteiger charge is 2.25. The van der Waals surface area contributed by atoms with Crippen molar-refractivity contribution in [2.24, 2.45) is 0 Å². The predicted octanol–water partition coefficient (Wildman–Crippen LogP) is 21.0. The molecule has 0 nitrogen and oxygen atoms in total. The molecule has 0 saturated carbocycles. The number of benzene rings is 6. The number of fused-ring (bicyclic) bond motifs is 13. The third-order valence-corrected chi connectivity index (χ3v) is 19.8.